The maximum atomic E-state index is 6.20. The van der Waals surface area contributed by atoms with Crippen LogP contribution in [0.3, 0.4) is 0 Å². The van der Waals surface area contributed by atoms with E-state index in [0.29, 0.717) is 29.8 Å². The van der Waals surface area contributed by atoms with Crippen molar-refractivity contribution in [1.29, 1.82) is 0 Å². The Bertz CT molecular complexity index is 534. The molecule has 6 nitrogen and oxygen atoms in total. The van der Waals surface area contributed by atoms with Gasteiger partial charge in [0.15, 0.2) is 5.82 Å². The minimum atomic E-state index is 0.519. The highest BCUT2D eigenvalue weighted by atomic mass is 35.5. The van der Waals surface area contributed by atoms with Crippen LogP contribution in [0.4, 0.5) is 0 Å². The molecule has 0 aliphatic rings. The standard InChI is InChI=1S/C11H16ClN5O/c1-4-17-9(11(12)7(2)15-17)5-13-6-10-14-8(3)16-18-10/h13H,4-6H2,1-3H3. The van der Waals surface area contributed by atoms with E-state index in [9.17, 15) is 0 Å². The molecule has 98 valence electrons. The van der Waals surface area contributed by atoms with E-state index in [1.165, 1.54) is 0 Å². The Balaban J connectivity index is 1.98. The van der Waals surface area contributed by atoms with Crippen molar-refractivity contribution in [1.82, 2.24) is 25.2 Å². The molecule has 0 amide bonds. The van der Waals surface area contributed by atoms with Crippen LogP contribution in [0.1, 0.15) is 30.0 Å². The van der Waals surface area contributed by atoms with Gasteiger partial charge >= 0.3 is 0 Å². The number of aromatic nitrogens is 4. The third kappa shape index (κ3) is 2.70. The lowest BCUT2D eigenvalue weighted by Crippen LogP contribution is -2.16. The molecule has 2 rings (SSSR count). The normalized spacial score (nSPS) is 11.1. The molecule has 2 aromatic rings. The average molecular weight is 270 g/mol. The summed E-state index contributed by atoms with van der Waals surface area (Å²) >= 11 is 6.20. The number of nitrogens with zero attached hydrogens (tertiary/aromatic N) is 4. The van der Waals surface area contributed by atoms with Crippen LogP contribution in [0.2, 0.25) is 5.02 Å². The molecule has 7 heteroatoms. The second kappa shape index (κ2) is 5.49. The van der Waals surface area contributed by atoms with Gasteiger partial charge in [0.2, 0.25) is 5.89 Å². The summed E-state index contributed by atoms with van der Waals surface area (Å²) in [6.45, 7) is 7.66. The first-order valence-corrected chi connectivity index (χ1v) is 6.21. The maximum Gasteiger partial charge on any atom is 0.240 e. The minimum Gasteiger partial charge on any atom is -0.338 e. The summed E-state index contributed by atoms with van der Waals surface area (Å²) in [5.41, 5.74) is 1.83. The Hall–Kier alpha value is -1.40. The zero-order chi connectivity index (χ0) is 13.1. The van der Waals surface area contributed by atoms with Crippen LogP contribution < -0.4 is 5.32 Å². The fraction of sp³-hybridized carbons (Fsp3) is 0.545. The summed E-state index contributed by atoms with van der Waals surface area (Å²) in [5, 5.41) is 12.0. The molecular weight excluding hydrogens is 254 g/mol. The van der Waals surface area contributed by atoms with Crippen molar-refractivity contribution in [3.05, 3.63) is 28.1 Å². The third-order valence-electron chi connectivity index (χ3n) is 2.59. The Labute approximate surface area is 110 Å². The summed E-state index contributed by atoms with van der Waals surface area (Å²) < 4.78 is 6.91. The molecule has 0 unspecified atom stereocenters. The van der Waals surface area contributed by atoms with Gasteiger partial charge in [-0.2, -0.15) is 10.1 Å². The molecule has 2 aromatic heterocycles. The van der Waals surface area contributed by atoms with Gasteiger partial charge in [0.05, 0.1) is 23.0 Å². The Morgan fingerprint density at radius 3 is 2.72 bits per heavy atom. The van der Waals surface area contributed by atoms with E-state index in [0.717, 1.165) is 17.9 Å². The first kappa shape index (κ1) is 13.0. The topological polar surface area (TPSA) is 68.8 Å². The van der Waals surface area contributed by atoms with E-state index < -0.39 is 0 Å². The summed E-state index contributed by atoms with van der Waals surface area (Å²) in [7, 11) is 0. The molecule has 0 saturated carbocycles. The highest BCUT2D eigenvalue weighted by Gasteiger charge is 2.12. The van der Waals surface area contributed by atoms with Crippen LogP contribution in [0.15, 0.2) is 4.52 Å². The molecule has 0 spiro atoms. The highest BCUT2D eigenvalue weighted by molar-refractivity contribution is 6.31. The summed E-state index contributed by atoms with van der Waals surface area (Å²) in [6, 6.07) is 0. The van der Waals surface area contributed by atoms with E-state index in [1.54, 1.807) is 6.92 Å². The van der Waals surface area contributed by atoms with E-state index in [-0.39, 0.29) is 0 Å². The molecular formula is C11H16ClN5O. The van der Waals surface area contributed by atoms with Crippen molar-refractivity contribution in [3.63, 3.8) is 0 Å². The van der Waals surface area contributed by atoms with Gasteiger partial charge in [-0.05, 0) is 20.8 Å². The maximum absolute atomic E-state index is 6.20. The molecule has 0 aromatic carbocycles. The van der Waals surface area contributed by atoms with Crippen LogP contribution in [0.25, 0.3) is 0 Å². The van der Waals surface area contributed by atoms with Gasteiger partial charge < -0.3 is 9.84 Å². The fourth-order valence-electron chi connectivity index (χ4n) is 1.74. The van der Waals surface area contributed by atoms with Crippen molar-refractivity contribution in [2.24, 2.45) is 0 Å². The lowest BCUT2D eigenvalue weighted by Gasteiger charge is -2.05. The van der Waals surface area contributed by atoms with Crippen LogP contribution in [0, 0.1) is 13.8 Å². The van der Waals surface area contributed by atoms with Crippen molar-refractivity contribution in [2.45, 2.75) is 40.4 Å². The molecule has 0 radical (unpaired) electrons. The molecule has 0 fully saturated rings. The quantitative estimate of drug-likeness (QED) is 0.897. The summed E-state index contributed by atoms with van der Waals surface area (Å²) in [4.78, 5) is 4.12. The SMILES string of the molecule is CCn1nc(C)c(Cl)c1CNCc1nc(C)no1. The van der Waals surface area contributed by atoms with Gasteiger partial charge in [0, 0.05) is 13.1 Å². The molecule has 2 heterocycles. The number of rotatable bonds is 5. The highest BCUT2D eigenvalue weighted by Crippen LogP contribution is 2.19. The lowest BCUT2D eigenvalue weighted by molar-refractivity contribution is 0.363. The predicted octanol–water partition coefficient (Wildman–Crippen LogP) is 1.85. The Morgan fingerprint density at radius 1 is 1.33 bits per heavy atom. The zero-order valence-corrected chi connectivity index (χ0v) is 11.5. The second-order valence-electron chi connectivity index (χ2n) is 4.00. The van der Waals surface area contributed by atoms with Gasteiger partial charge in [0.1, 0.15) is 0 Å². The first-order chi connectivity index (χ1) is 8.61. The van der Waals surface area contributed by atoms with Crippen molar-refractivity contribution >= 4 is 11.6 Å². The number of nitrogens with one attached hydrogen (secondary N) is 1. The van der Waals surface area contributed by atoms with Crippen LogP contribution in [-0.2, 0) is 19.6 Å². The minimum absolute atomic E-state index is 0.519. The molecule has 0 aliphatic carbocycles. The smallest absolute Gasteiger partial charge is 0.240 e. The summed E-state index contributed by atoms with van der Waals surface area (Å²) in [6.07, 6.45) is 0. The van der Waals surface area contributed by atoms with Gasteiger partial charge in [-0.25, -0.2) is 0 Å². The van der Waals surface area contributed by atoms with Crippen LogP contribution in [-0.4, -0.2) is 19.9 Å². The second-order valence-corrected chi connectivity index (χ2v) is 4.38. The largest absolute Gasteiger partial charge is 0.338 e. The van der Waals surface area contributed by atoms with Crippen molar-refractivity contribution < 1.29 is 4.52 Å². The van der Waals surface area contributed by atoms with E-state index in [4.69, 9.17) is 16.1 Å². The van der Waals surface area contributed by atoms with Gasteiger partial charge in [-0.15, -0.1) is 0 Å². The van der Waals surface area contributed by atoms with E-state index in [1.807, 2.05) is 18.5 Å². The predicted molar refractivity (Wildman–Crippen MR) is 67.2 cm³/mol. The number of aryl methyl sites for hydroxylation is 3. The third-order valence-corrected chi connectivity index (χ3v) is 3.08. The monoisotopic (exact) mass is 269 g/mol. The van der Waals surface area contributed by atoms with E-state index in [2.05, 4.69) is 20.6 Å². The van der Waals surface area contributed by atoms with Crippen molar-refractivity contribution in [3.8, 4) is 0 Å². The Morgan fingerprint density at radius 2 is 2.11 bits per heavy atom. The molecule has 0 atom stereocenters. The van der Waals surface area contributed by atoms with Gasteiger partial charge in [-0.3, -0.25) is 4.68 Å². The molecule has 18 heavy (non-hydrogen) atoms. The van der Waals surface area contributed by atoms with E-state index >= 15 is 0 Å². The molecule has 0 saturated heterocycles. The molecule has 1 N–H and O–H groups in total. The van der Waals surface area contributed by atoms with Gasteiger partial charge in [-0.1, -0.05) is 16.8 Å². The number of hydrogen-bond donors (Lipinski definition) is 1. The molecule has 0 bridgehead atoms. The number of hydrogen-bond acceptors (Lipinski definition) is 5. The molecule has 0 aliphatic heterocycles. The van der Waals surface area contributed by atoms with Crippen LogP contribution >= 0.6 is 11.6 Å². The first-order valence-electron chi connectivity index (χ1n) is 5.83. The average Bonchev–Trinajstić information content (AvgIpc) is 2.87. The number of halogens is 1. The van der Waals surface area contributed by atoms with Crippen LogP contribution in [0.5, 0.6) is 0 Å². The fourth-order valence-corrected chi connectivity index (χ4v) is 1.94. The Kier molecular flexibility index (Phi) is 3.98. The van der Waals surface area contributed by atoms with Gasteiger partial charge in [0.25, 0.3) is 0 Å². The van der Waals surface area contributed by atoms with Crippen molar-refractivity contribution in [2.75, 3.05) is 0 Å². The summed E-state index contributed by atoms with van der Waals surface area (Å²) in [5.74, 6) is 1.21. The zero-order valence-electron chi connectivity index (χ0n) is 10.7. The lowest BCUT2D eigenvalue weighted by atomic mass is 10.3.